The number of aromatic nitrogens is 2. The van der Waals surface area contributed by atoms with Crippen LogP contribution in [-0.2, 0) is 11.3 Å². The van der Waals surface area contributed by atoms with Crippen LogP contribution in [0.25, 0.3) is 21.3 Å². The first-order chi connectivity index (χ1) is 13.9. The van der Waals surface area contributed by atoms with Gasteiger partial charge < -0.3 is 5.32 Å². The molecule has 1 aromatic carbocycles. The number of allylic oxidation sites excluding steroid dienone is 1. The van der Waals surface area contributed by atoms with Gasteiger partial charge in [-0.25, -0.2) is 4.98 Å². The van der Waals surface area contributed by atoms with Crippen molar-refractivity contribution in [2.24, 2.45) is 5.92 Å². The molecule has 0 saturated heterocycles. The number of amides is 1. The molecule has 1 amide bonds. The van der Waals surface area contributed by atoms with E-state index in [-0.39, 0.29) is 16.7 Å². The Balaban J connectivity index is 2.00. The molecule has 0 aliphatic heterocycles. The normalized spacial score (nSPS) is 12.3. The molecule has 2 heterocycles. The minimum atomic E-state index is -0.359. The Morgan fingerprint density at radius 2 is 2.03 bits per heavy atom. The molecule has 1 atom stereocenters. The lowest BCUT2D eigenvalue weighted by Crippen LogP contribution is -2.34. The highest BCUT2D eigenvalue weighted by Crippen LogP contribution is 2.32. The van der Waals surface area contributed by atoms with Crippen molar-refractivity contribution in [2.75, 3.05) is 6.54 Å². The zero-order chi connectivity index (χ0) is 21.0. The summed E-state index contributed by atoms with van der Waals surface area (Å²) in [6.45, 7) is 10.7. The van der Waals surface area contributed by atoms with Crippen LogP contribution in [0.5, 0.6) is 0 Å². The van der Waals surface area contributed by atoms with Gasteiger partial charge in [-0.15, -0.1) is 17.9 Å². The lowest BCUT2D eigenvalue weighted by Gasteiger charge is -2.15. The molecule has 0 bridgehead atoms. The second-order valence-electron chi connectivity index (χ2n) is 7.19. The van der Waals surface area contributed by atoms with Crippen molar-refractivity contribution in [2.45, 2.75) is 37.7 Å². The SMILES string of the molecule is C=CCn1c(SC(C)C(=O)NCC(C)C)nc2scc(-c3ccccc3)c2c1=O. The molecule has 1 unspecified atom stereocenters. The predicted octanol–water partition coefficient (Wildman–Crippen LogP) is 4.56. The van der Waals surface area contributed by atoms with Crippen molar-refractivity contribution in [3.8, 4) is 11.1 Å². The topological polar surface area (TPSA) is 64.0 Å². The summed E-state index contributed by atoms with van der Waals surface area (Å²) in [6, 6.07) is 9.84. The van der Waals surface area contributed by atoms with E-state index in [2.05, 4.69) is 25.7 Å². The first-order valence-corrected chi connectivity index (χ1v) is 11.3. The van der Waals surface area contributed by atoms with Crippen LogP contribution in [0.1, 0.15) is 20.8 Å². The van der Waals surface area contributed by atoms with Crippen molar-refractivity contribution in [1.82, 2.24) is 14.9 Å². The van der Waals surface area contributed by atoms with E-state index in [1.807, 2.05) is 42.6 Å². The average molecular weight is 428 g/mol. The molecule has 2 aromatic heterocycles. The average Bonchev–Trinajstić information content (AvgIpc) is 3.13. The number of carbonyl (C=O) groups excluding carboxylic acids is 1. The second-order valence-corrected chi connectivity index (χ2v) is 9.36. The predicted molar refractivity (Wildman–Crippen MR) is 123 cm³/mol. The quantitative estimate of drug-likeness (QED) is 0.325. The molecule has 0 saturated carbocycles. The molecule has 5 nitrogen and oxygen atoms in total. The summed E-state index contributed by atoms with van der Waals surface area (Å²) >= 11 is 2.75. The number of fused-ring (bicyclic) bond motifs is 1. The number of thioether (sulfide) groups is 1. The third-order valence-corrected chi connectivity index (χ3v) is 6.35. The first kappa shape index (κ1) is 21.3. The second kappa shape index (κ2) is 9.41. The van der Waals surface area contributed by atoms with Crippen molar-refractivity contribution in [3.63, 3.8) is 0 Å². The molecular weight excluding hydrogens is 402 g/mol. The third kappa shape index (κ3) is 4.79. The fraction of sp³-hybridized carbons (Fsp3) is 0.318. The standard InChI is InChI=1S/C22H25N3O2S2/c1-5-11-25-21(27)18-17(16-9-7-6-8-10-16)13-28-20(18)24-22(25)29-15(4)19(26)23-12-14(2)3/h5-10,13-15H,1,11-12H2,2-4H3,(H,23,26). The lowest BCUT2D eigenvalue weighted by molar-refractivity contribution is -0.120. The maximum absolute atomic E-state index is 13.3. The maximum Gasteiger partial charge on any atom is 0.263 e. The molecule has 1 N–H and O–H groups in total. The van der Waals surface area contributed by atoms with Crippen LogP contribution in [0, 0.1) is 5.92 Å². The molecular formula is C22H25N3O2S2. The summed E-state index contributed by atoms with van der Waals surface area (Å²) in [4.78, 5) is 31.1. The van der Waals surface area contributed by atoms with Crippen LogP contribution in [-0.4, -0.2) is 27.3 Å². The monoisotopic (exact) mass is 427 g/mol. The highest BCUT2D eigenvalue weighted by Gasteiger charge is 2.21. The Labute approximate surface area is 178 Å². The Kier molecular flexibility index (Phi) is 6.92. The van der Waals surface area contributed by atoms with E-state index in [1.165, 1.54) is 23.1 Å². The molecule has 0 radical (unpaired) electrons. The molecule has 0 aliphatic carbocycles. The van der Waals surface area contributed by atoms with E-state index < -0.39 is 0 Å². The maximum atomic E-state index is 13.3. The van der Waals surface area contributed by atoms with Gasteiger partial charge in [-0.1, -0.05) is 62.0 Å². The molecule has 29 heavy (non-hydrogen) atoms. The van der Waals surface area contributed by atoms with E-state index in [4.69, 9.17) is 4.98 Å². The number of thiophene rings is 1. The zero-order valence-electron chi connectivity index (χ0n) is 16.8. The first-order valence-electron chi connectivity index (χ1n) is 9.55. The molecule has 0 spiro atoms. The molecule has 0 fully saturated rings. The minimum Gasteiger partial charge on any atom is -0.355 e. The van der Waals surface area contributed by atoms with Gasteiger partial charge in [0.15, 0.2) is 5.16 Å². The summed E-state index contributed by atoms with van der Waals surface area (Å²) in [7, 11) is 0. The van der Waals surface area contributed by atoms with Crippen molar-refractivity contribution >= 4 is 39.2 Å². The summed E-state index contributed by atoms with van der Waals surface area (Å²) in [5.74, 6) is 0.325. The Morgan fingerprint density at radius 3 is 2.69 bits per heavy atom. The summed E-state index contributed by atoms with van der Waals surface area (Å²) in [6.07, 6.45) is 1.68. The summed E-state index contributed by atoms with van der Waals surface area (Å²) in [5.41, 5.74) is 1.78. The Morgan fingerprint density at radius 1 is 1.31 bits per heavy atom. The minimum absolute atomic E-state index is 0.0562. The Hall–Kier alpha value is -2.38. The molecule has 3 aromatic rings. The van der Waals surface area contributed by atoms with Gasteiger partial charge in [0.1, 0.15) is 4.83 Å². The number of carbonyl (C=O) groups is 1. The van der Waals surface area contributed by atoms with Crippen molar-refractivity contribution in [3.05, 3.63) is 58.7 Å². The van der Waals surface area contributed by atoms with Crippen LogP contribution in [0.3, 0.4) is 0 Å². The van der Waals surface area contributed by atoms with Gasteiger partial charge in [0, 0.05) is 24.0 Å². The molecule has 7 heteroatoms. The number of nitrogens with zero attached hydrogens (tertiary/aromatic N) is 2. The van der Waals surface area contributed by atoms with E-state index in [1.54, 1.807) is 10.6 Å². The van der Waals surface area contributed by atoms with Crippen LogP contribution < -0.4 is 10.9 Å². The zero-order valence-corrected chi connectivity index (χ0v) is 18.5. The van der Waals surface area contributed by atoms with Gasteiger partial charge >= 0.3 is 0 Å². The van der Waals surface area contributed by atoms with Crippen molar-refractivity contribution in [1.29, 1.82) is 0 Å². The Bertz CT molecular complexity index is 1070. The van der Waals surface area contributed by atoms with Gasteiger partial charge in [-0.2, -0.15) is 0 Å². The fourth-order valence-electron chi connectivity index (χ4n) is 2.88. The van der Waals surface area contributed by atoms with Crippen molar-refractivity contribution < 1.29 is 4.79 Å². The van der Waals surface area contributed by atoms with Crippen LogP contribution in [0.4, 0.5) is 0 Å². The fourth-order valence-corrected chi connectivity index (χ4v) is 4.81. The van der Waals surface area contributed by atoms with Gasteiger partial charge in [-0.05, 0) is 18.4 Å². The van der Waals surface area contributed by atoms with E-state index in [9.17, 15) is 9.59 Å². The number of hydrogen-bond donors (Lipinski definition) is 1. The number of rotatable bonds is 8. The van der Waals surface area contributed by atoms with E-state index >= 15 is 0 Å². The highest BCUT2D eigenvalue weighted by atomic mass is 32.2. The van der Waals surface area contributed by atoms with Gasteiger partial charge in [0.05, 0.1) is 10.6 Å². The van der Waals surface area contributed by atoms with Gasteiger partial charge in [0.2, 0.25) is 5.91 Å². The summed E-state index contributed by atoms with van der Waals surface area (Å²) < 4.78 is 1.60. The largest absolute Gasteiger partial charge is 0.355 e. The van der Waals surface area contributed by atoms with Crippen LogP contribution in [0.15, 0.2) is 58.3 Å². The highest BCUT2D eigenvalue weighted by molar-refractivity contribution is 8.00. The van der Waals surface area contributed by atoms with Crippen LogP contribution >= 0.6 is 23.1 Å². The molecule has 152 valence electrons. The summed E-state index contributed by atoms with van der Waals surface area (Å²) in [5, 5.41) is 5.71. The smallest absolute Gasteiger partial charge is 0.263 e. The van der Waals surface area contributed by atoms with Gasteiger partial charge in [-0.3, -0.25) is 14.2 Å². The lowest BCUT2D eigenvalue weighted by atomic mass is 10.1. The van der Waals surface area contributed by atoms with E-state index in [0.29, 0.717) is 34.4 Å². The number of hydrogen-bond acceptors (Lipinski definition) is 5. The number of benzene rings is 1. The van der Waals surface area contributed by atoms with Gasteiger partial charge in [0.25, 0.3) is 5.56 Å². The van der Waals surface area contributed by atoms with E-state index in [0.717, 1.165) is 11.1 Å². The third-order valence-electron chi connectivity index (χ3n) is 4.39. The molecule has 0 aliphatic rings. The van der Waals surface area contributed by atoms with Crippen LogP contribution in [0.2, 0.25) is 0 Å². The molecule has 3 rings (SSSR count). The number of nitrogens with one attached hydrogen (secondary N) is 1.